The van der Waals surface area contributed by atoms with E-state index in [1.807, 2.05) is 0 Å². The van der Waals surface area contributed by atoms with Crippen molar-refractivity contribution in [2.75, 3.05) is 6.61 Å². The number of ether oxygens (including phenoxy) is 1. The van der Waals surface area contributed by atoms with Gasteiger partial charge < -0.3 is 10.1 Å². The van der Waals surface area contributed by atoms with Gasteiger partial charge in [0, 0.05) is 29.2 Å². The number of benzene rings is 1. The highest BCUT2D eigenvalue weighted by Crippen LogP contribution is 2.21. The van der Waals surface area contributed by atoms with Crippen LogP contribution in [0.1, 0.15) is 34.0 Å². The Morgan fingerprint density at radius 2 is 2.06 bits per heavy atom. The molecular weight excluding hydrogens is 441 g/mol. The number of hydrogen-bond acceptors (Lipinski definition) is 4. The number of nitrogens with one attached hydrogen (secondary N) is 1. The molecule has 3 rings (SSSR count). The average Bonchev–Trinajstić information content (AvgIpc) is 2.77. The Hall–Kier alpha value is -3.88. The molecule has 0 aliphatic carbocycles. The van der Waals surface area contributed by atoms with E-state index < -0.39 is 23.4 Å². The number of hydrogen-bond donors (Lipinski definition) is 1. The lowest BCUT2D eigenvalue weighted by Gasteiger charge is -2.13. The Labute approximate surface area is 186 Å². The first-order chi connectivity index (χ1) is 15.3. The molecule has 0 aliphatic rings. The van der Waals surface area contributed by atoms with Crippen LogP contribution in [-0.4, -0.2) is 23.0 Å². The van der Waals surface area contributed by atoms with Gasteiger partial charge in [0.25, 0.3) is 5.56 Å². The maximum Gasteiger partial charge on any atom is 0.343 e. The predicted octanol–water partition coefficient (Wildman–Crippen LogP) is 4.38. The molecule has 0 aliphatic heterocycles. The summed E-state index contributed by atoms with van der Waals surface area (Å²) in [5.41, 5.74) is 9.25. The van der Waals surface area contributed by atoms with Gasteiger partial charge in [-0.1, -0.05) is 29.8 Å². The van der Waals surface area contributed by atoms with Gasteiger partial charge in [-0.3, -0.25) is 14.0 Å². The molecule has 0 unspecified atom stereocenters. The molecule has 0 bridgehead atoms. The number of rotatable bonds is 6. The van der Waals surface area contributed by atoms with Gasteiger partial charge in [0.15, 0.2) is 0 Å². The molecule has 2 heterocycles. The Kier molecular flexibility index (Phi) is 7.09. The van der Waals surface area contributed by atoms with Gasteiger partial charge in [0.2, 0.25) is 0 Å². The zero-order valence-electron chi connectivity index (χ0n) is 16.8. The highest BCUT2D eigenvalue weighted by atomic mass is 35.5. The van der Waals surface area contributed by atoms with E-state index in [2.05, 4.69) is 15.3 Å². The van der Waals surface area contributed by atoms with E-state index in [0.717, 1.165) is 0 Å². The molecule has 0 fully saturated rings. The second-order valence-corrected chi connectivity index (χ2v) is 7.05. The summed E-state index contributed by atoms with van der Waals surface area (Å²) in [6, 6.07) is 8.36. The van der Waals surface area contributed by atoms with Crippen LogP contribution < -0.4 is 10.9 Å². The number of halogens is 2. The molecule has 0 saturated carbocycles. The molecule has 2 aromatic heterocycles. The van der Waals surface area contributed by atoms with Crippen LogP contribution in [0, 0.1) is 5.82 Å². The standard InChI is InChI=1S/C21H17ClFN5O4/c1-2-32-20(30)15-9-14(10-25-21(31)26-27-24)17-7-6-12(11-28(17)19(15)29)8-13-4-3-5-16(22)18(13)23/h3-7,9,11H,2,8,10H2,1H3,(H,25,31). The van der Waals surface area contributed by atoms with E-state index in [1.165, 1.54) is 22.7 Å². The number of aromatic nitrogens is 1. The summed E-state index contributed by atoms with van der Waals surface area (Å²) in [4.78, 5) is 39.2. The molecule has 2 amide bonds. The normalized spacial score (nSPS) is 10.5. The first-order valence-corrected chi connectivity index (χ1v) is 9.83. The first-order valence-electron chi connectivity index (χ1n) is 9.45. The maximum absolute atomic E-state index is 14.3. The van der Waals surface area contributed by atoms with Gasteiger partial charge in [0.1, 0.15) is 11.4 Å². The Bertz CT molecular complexity index is 1320. The molecule has 9 nitrogen and oxygen atoms in total. The fourth-order valence-electron chi connectivity index (χ4n) is 3.17. The van der Waals surface area contributed by atoms with Crippen molar-refractivity contribution in [2.24, 2.45) is 5.11 Å². The van der Waals surface area contributed by atoms with Crippen LogP contribution in [0.5, 0.6) is 0 Å². The number of urea groups is 1. The minimum atomic E-state index is -0.914. The molecule has 1 N–H and O–H groups in total. The van der Waals surface area contributed by atoms with Crippen molar-refractivity contribution in [3.8, 4) is 0 Å². The highest BCUT2D eigenvalue weighted by Gasteiger charge is 2.18. The predicted molar refractivity (Wildman–Crippen MR) is 115 cm³/mol. The van der Waals surface area contributed by atoms with Crippen LogP contribution in [0.25, 0.3) is 16.0 Å². The molecule has 32 heavy (non-hydrogen) atoms. The van der Waals surface area contributed by atoms with E-state index in [1.54, 1.807) is 31.2 Å². The SMILES string of the molecule is CCOC(=O)c1cc(CNC(=O)N=[N+]=[N-])c2ccc(Cc3cccc(Cl)c3F)cn2c1=O. The van der Waals surface area contributed by atoms with E-state index in [0.29, 0.717) is 22.2 Å². The van der Waals surface area contributed by atoms with Crippen molar-refractivity contribution in [3.63, 3.8) is 0 Å². The summed E-state index contributed by atoms with van der Waals surface area (Å²) in [7, 11) is 0. The summed E-state index contributed by atoms with van der Waals surface area (Å²) in [5, 5.41) is 5.30. The molecule has 0 radical (unpaired) electrons. The zero-order valence-corrected chi connectivity index (χ0v) is 17.6. The Morgan fingerprint density at radius 3 is 2.78 bits per heavy atom. The summed E-state index contributed by atoms with van der Waals surface area (Å²) >= 11 is 5.84. The first kappa shape index (κ1) is 22.8. The van der Waals surface area contributed by atoms with Crippen LogP contribution in [0.2, 0.25) is 5.02 Å². The van der Waals surface area contributed by atoms with Gasteiger partial charge in [-0.2, -0.15) is 0 Å². The lowest BCUT2D eigenvalue weighted by Crippen LogP contribution is -2.27. The topological polar surface area (TPSA) is 126 Å². The molecule has 1 aromatic carbocycles. The van der Waals surface area contributed by atoms with Crippen molar-refractivity contribution in [1.29, 1.82) is 0 Å². The van der Waals surface area contributed by atoms with E-state index in [-0.39, 0.29) is 30.2 Å². The molecule has 3 aromatic rings. The van der Waals surface area contributed by atoms with Crippen molar-refractivity contribution >= 4 is 29.1 Å². The van der Waals surface area contributed by atoms with Crippen molar-refractivity contribution in [1.82, 2.24) is 9.72 Å². The van der Waals surface area contributed by atoms with Gasteiger partial charge in [0.05, 0.1) is 17.1 Å². The van der Waals surface area contributed by atoms with E-state index >= 15 is 0 Å². The summed E-state index contributed by atoms with van der Waals surface area (Å²) in [6.45, 7) is 1.56. The number of carbonyl (C=O) groups is 2. The molecule has 0 saturated heterocycles. The van der Waals surface area contributed by atoms with Gasteiger partial charge >= 0.3 is 12.0 Å². The van der Waals surface area contributed by atoms with Crippen LogP contribution in [0.3, 0.4) is 0 Å². The van der Waals surface area contributed by atoms with E-state index in [9.17, 15) is 18.8 Å². The smallest absolute Gasteiger partial charge is 0.343 e. The number of fused-ring (bicyclic) bond motifs is 1. The number of nitrogens with zero attached hydrogens (tertiary/aromatic N) is 4. The molecular formula is C21H17ClFN5O4. The fourth-order valence-corrected chi connectivity index (χ4v) is 3.36. The van der Waals surface area contributed by atoms with Crippen molar-refractivity contribution in [2.45, 2.75) is 19.9 Å². The molecule has 0 atom stereocenters. The monoisotopic (exact) mass is 457 g/mol. The largest absolute Gasteiger partial charge is 0.462 e. The van der Waals surface area contributed by atoms with Crippen LogP contribution >= 0.6 is 11.6 Å². The Morgan fingerprint density at radius 1 is 1.28 bits per heavy atom. The average molecular weight is 458 g/mol. The third-order valence-electron chi connectivity index (χ3n) is 4.59. The lowest BCUT2D eigenvalue weighted by atomic mass is 10.0. The van der Waals surface area contributed by atoms with Crippen molar-refractivity contribution in [3.05, 3.63) is 96.5 Å². The second kappa shape index (κ2) is 9.95. The number of pyridine rings is 2. The van der Waals surface area contributed by atoms with Crippen molar-refractivity contribution < 1.29 is 18.7 Å². The maximum atomic E-state index is 14.3. The van der Waals surface area contributed by atoms with Crippen LogP contribution in [0.15, 0.2) is 52.5 Å². The fraction of sp³-hybridized carbons (Fsp3) is 0.190. The van der Waals surface area contributed by atoms with Gasteiger partial charge in [-0.05, 0) is 47.3 Å². The molecule has 0 spiro atoms. The second-order valence-electron chi connectivity index (χ2n) is 6.64. The number of esters is 1. The van der Waals surface area contributed by atoms with Crippen LogP contribution in [-0.2, 0) is 17.7 Å². The number of azide groups is 1. The third-order valence-corrected chi connectivity index (χ3v) is 4.89. The number of amides is 2. The quantitative estimate of drug-likeness (QED) is 0.255. The summed E-state index contributed by atoms with van der Waals surface area (Å²) in [5.74, 6) is -1.37. The highest BCUT2D eigenvalue weighted by molar-refractivity contribution is 6.30. The van der Waals surface area contributed by atoms with E-state index in [4.69, 9.17) is 21.9 Å². The molecule has 164 valence electrons. The van der Waals surface area contributed by atoms with Gasteiger partial charge in [-0.15, -0.1) is 0 Å². The number of carbonyl (C=O) groups excluding carboxylic acids is 2. The zero-order chi connectivity index (χ0) is 23.3. The Balaban J connectivity index is 2.10. The minimum Gasteiger partial charge on any atom is -0.462 e. The summed E-state index contributed by atoms with van der Waals surface area (Å²) < 4.78 is 20.5. The third kappa shape index (κ3) is 4.88. The lowest BCUT2D eigenvalue weighted by molar-refractivity contribution is 0.0524. The van der Waals surface area contributed by atoms with Gasteiger partial charge in [-0.25, -0.2) is 9.18 Å². The summed E-state index contributed by atoms with van der Waals surface area (Å²) in [6.07, 6.45) is 1.64. The molecule has 11 heteroatoms. The van der Waals surface area contributed by atoms with Crippen LogP contribution in [0.4, 0.5) is 9.18 Å². The minimum absolute atomic E-state index is 0.0110.